The number of anilines is 1. The number of hydrogen-bond donors (Lipinski definition) is 1. The summed E-state index contributed by atoms with van der Waals surface area (Å²) in [7, 11) is -2.56. The monoisotopic (exact) mass is 591 g/mol. The summed E-state index contributed by atoms with van der Waals surface area (Å²) < 4.78 is 56.3. The number of nitrogen functional groups attached to an aromatic ring is 1. The van der Waals surface area contributed by atoms with E-state index in [1.165, 1.54) is 19.8 Å². The van der Waals surface area contributed by atoms with Gasteiger partial charge in [0.2, 0.25) is 13.6 Å². The number of ether oxygens (including phenoxy) is 6. The first-order valence-corrected chi connectivity index (χ1v) is 14.1. The molecule has 0 aliphatic heterocycles. The van der Waals surface area contributed by atoms with Gasteiger partial charge in [0.25, 0.3) is 0 Å². The van der Waals surface area contributed by atoms with Crippen molar-refractivity contribution in [3.05, 3.63) is 12.7 Å². The number of imidazole rings is 1. The molecular formula is C23H38N5O11P. The van der Waals surface area contributed by atoms with Gasteiger partial charge >= 0.3 is 19.7 Å². The van der Waals surface area contributed by atoms with E-state index < -0.39 is 57.3 Å². The smallest absolute Gasteiger partial charge is 0.437 e. The maximum atomic E-state index is 13.4. The van der Waals surface area contributed by atoms with Gasteiger partial charge in [-0.2, -0.15) is 0 Å². The lowest BCUT2D eigenvalue weighted by molar-refractivity contribution is -0.165. The summed E-state index contributed by atoms with van der Waals surface area (Å²) in [5, 5.41) is 0. The molecule has 2 heterocycles. The average Bonchev–Trinajstić information content (AvgIpc) is 3.29. The molecule has 2 atom stereocenters. The molecule has 0 spiro atoms. The van der Waals surface area contributed by atoms with Crippen LogP contribution in [0.1, 0.15) is 34.6 Å². The zero-order valence-corrected chi connectivity index (χ0v) is 24.5. The van der Waals surface area contributed by atoms with E-state index in [1.807, 2.05) is 0 Å². The Morgan fingerprint density at radius 3 is 2.45 bits per heavy atom. The van der Waals surface area contributed by atoms with Gasteiger partial charge in [0.05, 0.1) is 50.3 Å². The number of fused-ring (bicyclic) bond motifs is 1. The molecule has 2 aromatic rings. The molecule has 0 saturated carbocycles. The second kappa shape index (κ2) is 15.8. The lowest BCUT2D eigenvalue weighted by Crippen LogP contribution is -2.32. The number of rotatable bonds is 18. The summed E-state index contributed by atoms with van der Waals surface area (Å²) >= 11 is 0. The molecule has 40 heavy (non-hydrogen) atoms. The topological polar surface area (TPSA) is 195 Å². The molecule has 0 aliphatic rings. The van der Waals surface area contributed by atoms with Gasteiger partial charge in [-0.3, -0.25) is 18.4 Å². The minimum absolute atomic E-state index is 0.0648. The predicted octanol–water partition coefficient (Wildman–Crippen LogP) is 2.71. The van der Waals surface area contributed by atoms with Crippen LogP contribution in [0.3, 0.4) is 0 Å². The summed E-state index contributed by atoms with van der Waals surface area (Å²) in [6.45, 7) is 7.75. The van der Waals surface area contributed by atoms with Crippen LogP contribution in [0.25, 0.3) is 11.2 Å². The minimum atomic E-state index is -4.10. The average molecular weight is 592 g/mol. The molecule has 17 heteroatoms. The lowest BCUT2D eigenvalue weighted by Gasteiger charge is -2.24. The van der Waals surface area contributed by atoms with Crippen LogP contribution in [-0.2, 0) is 53.4 Å². The Kier molecular flexibility index (Phi) is 13.2. The van der Waals surface area contributed by atoms with Crippen molar-refractivity contribution in [2.24, 2.45) is 5.41 Å². The highest BCUT2D eigenvalue weighted by Crippen LogP contribution is 2.48. The molecule has 0 fully saturated rings. The Labute approximate surface area is 232 Å². The van der Waals surface area contributed by atoms with Crippen LogP contribution in [0.15, 0.2) is 12.7 Å². The van der Waals surface area contributed by atoms with Crippen LogP contribution < -0.4 is 5.73 Å². The fourth-order valence-corrected chi connectivity index (χ4v) is 4.04. The molecule has 0 aromatic carbocycles. The van der Waals surface area contributed by atoms with E-state index in [0.29, 0.717) is 24.4 Å². The van der Waals surface area contributed by atoms with Crippen molar-refractivity contribution >= 4 is 36.7 Å². The highest BCUT2D eigenvalue weighted by atomic mass is 31.2. The van der Waals surface area contributed by atoms with Crippen molar-refractivity contribution in [2.75, 3.05) is 52.6 Å². The number of aromatic nitrogens is 4. The molecule has 0 radical (unpaired) electrons. The molecule has 0 saturated heterocycles. The molecule has 0 aliphatic carbocycles. The maximum absolute atomic E-state index is 13.4. The van der Waals surface area contributed by atoms with Crippen LogP contribution in [0.2, 0.25) is 0 Å². The Hall–Kier alpha value is -2.88. The van der Waals surface area contributed by atoms with E-state index >= 15 is 0 Å². The zero-order valence-electron chi connectivity index (χ0n) is 23.6. The third-order valence-electron chi connectivity index (χ3n) is 5.05. The number of nitrogens with two attached hydrogens (primary N) is 1. The fourth-order valence-electron chi connectivity index (χ4n) is 2.96. The first-order chi connectivity index (χ1) is 18.9. The zero-order chi connectivity index (χ0) is 29.8. The first kappa shape index (κ1) is 33.3. The molecule has 226 valence electrons. The van der Waals surface area contributed by atoms with Gasteiger partial charge < -0.3 is 38.7 Å². The quantitative estimate of drug-likeness (QED) is 0.115. The second-order valence-electron chi connectivity index (χ2n) is 9.46. The summed E-state index contributed by atoms with van der Waals surface area (Å²) in [6, 6.07) is 0. The summed E-state index contributed by atoms with van der Waals surface area (Å²) in [5.41, 5.74) is 5.74. The number of methoxy groups -OCH3 is 1. The largest absolute Gasteiger partial charge is 0.510 e. The third kappa shape index (κ3) is 10.9. The van der Waals surface area contributed by atoms with Crippen molar-refractivity contribution < 1.29 is 51.6 Å². The predicted molar refractivity (Wildman–Crippen MR) is 140 cm³/mol. The van der Waals surface area contributed by atoms with Crippen molar-refractivity contribution in [1.82, 2.24) is 19.5 Å². The number of hydrogen-bond acceptors (Lipinski definition) is 15. The van der Waals surface area contributed by atoms with E-state index in [-0.39, 0.29) is 19.0 Å². The van der Waals surface area contributed by atoms with Crippen LogP contribution in [0, 0.1) is 5.41 Å². The molecular weight excluding hydrogens is 553 g/mol. The Bertz CT molecular complexity index is 1140. The molecule has 0 amide bonds. The van der Waals surface area contributed by atoms with Crippen LogP contribution in [0.4, 0.5) is 10.6 Å². The van der Waals surface area contributed by atoms with E-state index in [2.05, 4.69) is 15.0 Å². The number of carbonyl (C=O) groups is 2. The van der Waals surface area contributed by atoms with E-state index in [4.69, 9.17) is 43.2 Å². The highest BCUT2D eigenvalue weighted by Gasteiger charge is 2.32. The Morgan fingerprint density at radius 1 is 1.07 bits per heavy atom. The minimum Gasteiger partial charge on any atom is -0.437 e. The van der Waals surface area contributed by atoms with E-state index in [0.717, 1.165) is 0 Å². The van der Waals surface area contributed by atoms with E-state index in [1.54, 1.807) is 39.2 Å². The standard InChI is InChI=1S/C23H38N5O11P/c1-16(2)39-22(30)35-14-38-40(31,37-13-34-21(29)23(4,5)10-33-8-7-32-6)15-36-17(3)9-28-12-27-18-19(24)25-11-26-20(18)28/h11-12,16-17H,7-10,13-15H2,1-6H3,(H2,24,25,26)/t17-,40?/m1/s1. The Morgan fingerprint density at radius 2 is 1.77 bits per heavy atom. The second-order valence-corrected chi connectivity index (χ2v) is 11.5. The Balaban J connectivity index is 1.96. The third-order valence-corrected chi connectivity index (χ3v) is 6.51. The van der Waals surface area contributed by atoms with Crippen molar-refractivity contribution in [3.63, 3.8) is 0 Å². The lowest BCUT2D eigenvalue weighted by atomic mass is 9.95. The molecule has 16 nitrogen and oxygen atoms in total. The molecule has 1 unspecified atom stereocenters. The highest BCUT2D eigenvalue weighted by molar-refractivity contribution is 7.53. The van der Waals surface area contributed by atoms with Crippen molar-refractivity contribution in [3.8, 4) is 0 Å². The number of carbonyl (C=O) groups excluding carboxylic acids is 2. The fraction of sp³-hybridized carbons (Fsp3) is 0.696. The normalized spacial score (nSPS) is 14.2. The van der Waals surface area contributed by atoms with Gasteiger partial charge in [0.1, 0.15) is 18.2 Å². The van der Waals surface area contributed by atoms with Crippen molar-refractivity contribution in [2.45, 2.75) is 53.4 Å². The number of nitrogens with zero attached hydrogens (tertiary/aromatic N) is 4. The van der Waals surface area contributed by atoms with Gasteiger partial charge in [0, 0.05) is 7.11 Å². The molecule has 0 bridgehead atoms. The van der Waals surface area contributed by atoms with Crippen molar-refractivity contribution in [1.29, 1.82) is 0 Å². The van der Waals surface area contributed by atoms with Gasteiger partial charge in [-0.25, -0.2) is 19.7 Å². The van der Waals surface area contributed by atoms with Crippen LogP contribution in [0.5, 0.6) is 0 Å². The number of esters is 1. The maximum Gasteiger partial charge on any atom is 0.510 e. The summed E-state index contributed by atoms with van der Waals surface area (Å²) in [6.07, 6.45) is 0.298. The first-order valence-electron chi connectivity index (χ1n) is 12.3. The molecule has 2 aromatic heterocycles. The van der Waals surface area contributed by atoms with Crippen LogP contribution >= 0.6 is 7.60 Å². The van der Waals surface area contributed by atoms with Crippen LogP contribution in [-0.4, -0.2) is 90.7 Å². The van der Waals surface area contributed by atoms with E-state index in [9.17, 15) is 14.2 Å². The summed E-state index contributed by atoms with van der Waals surface area (Å²) in [4.78, 5) is 36.4. The van der Waals surface area contributed by atoms with Gasteiger partial charge in [-0.15, -0.1) is 0 Å². The molecule has 2 rings (SSSR count). The SMILES string of the molecule is COCCOCC(C)(C)C(=O)OCOP(=O)(CO[C@H](C)Cn1cnc2c(N)ncnc21)OCOC(=O)OC(C)C. The van der Waals surface area contributed by atoms with Gasteiger partial charge in [-0.05, 0) is 34.6 Å². The van der Waals surface area contributed by atoms with Gasteiger partial charge in [-0.1, -0.05) is 0 Å². The summed E-state index contributed by atoms with van der Waals surface area (Å²) in [5.74, 6) is -0.422. The van der Waals surface area contributed by atoms with Gasteiger partial charge in [0.15, 0.2) is 11.5 Å². The molecule has 2 N–H and O–H groups in total.